The predicted octanol–water partition coefficient (Wildman–Crippen LogP) is -6.00. The molecule has 4 heteroatoms. The fraction of sp³-hybridized carbons (Fsp3) is 0. The molecule has 0 aromatic heterocycles. The third kappa shape index (κ3) is 12.9. The predicted molar refractivity (Wildman–Crippen MR) is 0 cm³/mol. The average Bonchev–Trinajstić information content (AvgIpc) is 0. The van der Waals surface area contributed by atoms with E-state index in [1.54, 1.807) is 0 Å². The van der Waals surface area contributed by atoms with Crippen molar-refractivity contribution < 1.29 is 43.5 Å². The van der Waals surface area contributed by atoms with Crippen LogP contribution < -0.4 is 9.41 Å². The third-order valence-corrected chi connectivity index (χ3v) is 0. The van der Waals surface area contributed by atoms with Crippen LogP contribution in [0.3, 0.4) is 0 Å². The van der Waals surface area contributed by atoms with Gasteiger partial charge in [-0.3, -0.25) is 0 Å². The molecule has 2 radical (unpaired) electrons. The van der Waals surface area contributed by atoms with Crippen LogP contribution in [-0.4, -0.2) is 0 Å². The van der Waals surface area contributed by atoms with E-state index in [-0.39, 0.29) is 43.5 Å². The van der Waals surface area contributed by atoms with Gasteiger partial charge in [-0.25, -0.2) is 0 Å². The van der Waals surface area contributed by atoms with E-state index in [1.807, 2.05) is 0 Å². The quantitative estimate of drug-likeness (QED) is 0.313. The molecule has 0 fully saturated rings. The summed E-state index contributed by atoms with van der Waals surface area (Å²) in [5, 5.41) is 0. The van der Waals surface area contributed by atoms with Gasteiger partial charge in [0.25, 0.3) is 0 Å². The fourth-order valence-corrected chi connectivity index (χ4v) is 0. The Morgan fingerprint density at radius 1 is 0.750 bits per heavy atom. The van der Waals surface area contributed by atoms with Crippen molar-refractivity contribution in [2.24, 2.45) is 0 Å². The first-order chi connectivity index (χ1) is 0. The second-order valence-corrected chi connectivity index (χ2v) is 0. The summed E-state index contributed by atoms with van der Waals surface area (Å²) in [4.78, 5) is 0. The van der Waals surface area contributed by atoms with Crippen molar-refractivity contribution in [3.8, 4) is 0 Å². The van der Waals surface area contributed by atoms with Gasteiger partial charge >= 0.3 is 17.1 Å². The van der Waals surface area contributed by atoms with Crippen LogP contribution in [0.2, 0.25) is 0 Å². The summed E-state index contributed by atoms with van der Waals surface area (Å²) >= 11 is 0. The molecule has 0 N–H and O–H groups in total. The van der Waals surface area contributed by atoms with Crippen molar-refractivity contribution in [1.82, 2.24) is 0 Å². The van der Waals surface area contributed by atoms with E-state index < -0.39 is 0 Å². The van der Waals surface area contributed by atoms with Crippen LogP contribution in [0.4, 0.5) is 0 Å². The first-order valence-electron chi connectivity index (χ1n) is 0. The van der Waals surface area contributed by atoms with Crippen LogP contribution in [-0.2, 0) is 34.1 Å². The monoisotopic (exact) mass is 164 g/mol. The van der Waals surface area contributed by atoms with Crippen molar-refractivity contribution in [3.63, 3.8) is 0 Å². The van der Waals surface area contributed by atoms with Gasteiger partial charge in [-0.2, -0.15) is 0 Å². The molecule has 0 aromatic rings. The first kappa shape index (κ1) is 92.2. The number of halogens is 2. The average molecular weight is 165 g/mol. The first-order valence-corrected chi connectivity index (χ1v) is 0. The van der Waals surface area contributed by atoms with Gasteiger partial charge in [0.2, 0.25) is 0 Å². The fourth-order valence-electron chi connectivity index (χ4n) is 0. The van der Waals surface area contributed by atoms with Gasteiger partial charge in [-0.05, 0) is 0 Å². The van der Waals surface area contributed by atoms with Gasteiger partial charge in [0.1, 0.15) is 0 Å². The zero-order valence-electron chi connectivity index (χ0n) is 1.36. The summed E-state index contributed by atoms with van der Waals surface area (Å²) in [6.45, 7) is 0. The molecule has 0 aliphatic heterocycles. The number of rotatable bonds is 0. The van der Waals surface area contributed by atoms with Gasteiger partial charge in [0.15, 0.2) is 0 Å². The standard InChI is InChI=1S/2Cu.2FH/h;;2*1H/q;+2;;/p-2. The molecule has 0 aromatic carbocycles. The number of hydrogen-bond acceptors (Lipinski definition) is 0. The second-order valence-electron chi connectivity index (χ2n) is 0. The van der Waals surface area contributed by atoms with Crippen LogP contribution in [0, 0.1) is 0 Å². The summed E-state index contributed by atoms with van der Waals surface area (Å²) in [6, 6.07) is 0. The molecule has 0 saturated carbocycles. The van der Waals surface area contributed by atoms with Crippen LogP contribution >= 0.6 is 0 Å². The van der Waals surface area contributed by atoms with E-state index in [0.717, 1.165) is 0 Å². The molecule has 0 aliphatic rings. The van der Waals surface area contributed by atoms with Crippen molar-refractivity contribution in [1.29, 1.82) is 0 Å². The molecular formula is Cu2F2. The molecule has 0 amide bonds. The Hall–Kier alpha value is 0.899. The molecule has 0 atom stereocenters. The molecule has 36 valence electrons. The van der Waals surface area contributed by atoms with E-state index in [2.05, 4.69) is 0 Å². The number of hydrogen-bond donors (Lipinski definition) is 0. The van der Waals surface area contributed by atoms with Crippen molar-refractivity contribution in [2.75, 3.05) is 0 Å². The van der Waals surface area contributed by atoms with Gasteiger partial charge in [-0.1, -0.05) is 0 Å². The van der Waals surface area contributed by atoms with Gasteiger partial charge in [0, 0.05) is 17.1 Å². The largest absolute Gasteiger partial charge is 2.00 e. The maximum absolute atomic E-state index is 0. The summed E-state index contributed by atoms with van der Waals surface area (Å²) in [6.07, 6.45) is 0. The Kier molecular flexibility index (Phi) is 934. The summed E-state index contributed by atoms with van der Waals surface area (Å²) in [7, 11) is 0. The van der Waals surface area contributed by atoms with Crippen molar-refractivity contribution in [3.05, 3.63) is 0 Å². The maximum atomic E-state index is 0. The van der Waals surface area contributed by atoms with E-state index in [4.69, 9.17) is 0 Å². The minimum Gasteiger partial charge on any atom is -1.00 e. The molecule has 0 aliphatic carbocycles. The van der Waals surface area contributed by atoms with E-state index in [9.17, 15) is 0 Å². The van der Waals surface area contributed by atoms with Crippen LogP contribution in [0.15, 0.2) is 0 Å². The van der Waals surface area contributed by atoms with Gasteiger partial charge < -0.3 is 9.41 Å². The van der Waals surface area contributed by atoms with Crippen molar-refractivity contribution >= 4 is 0 Å². The molecule has 4 heavy (non-hydrogen) atoms. The molecule has 0 heterocycles. The minimum absolute atomic E-state index is 0. The SMILES string of the molecule is [Cu+2].[Cu].[F-].[F-]. The van der Waals surface area contributed by atoms with Crippen LogP contribution in [0.5, 0.6) is 0 Å². The smallest absolute Gasteiger partial charge is 1.00 e. The molecule has 0 saturated heterocycles. The Morgan fingerprint density at radius 2 is 0.750 bits per heavy atom. The zero-order valence-corrected chi connectivity index (χ0v) is 3.24. The molecule has 0 unspecified atom stereocenters. The normalized spacial score (nSPS) is 0. The Morgan fingerprint density at radius 3 is 0.750 bits per heavy atom. The molecule has 0 rings (SSSR count). The van der Waals surface area contributed by atoms with Crippen molar-refractivity contribution in [2.45, 2.75) is 0 Å². The zero-order chi connectivity index (χ0) is 0. The van der Waals surface area contributed by atoms with Crippen LogP contribution in [0.25, 0.3) is 0 Å². The van der Waals surface area contributed by atoms with Gasteiger partial charge in [-0.15, -0.1) is 0 Å². The Bertz CT molecular complexity index is 4.00. The topological polar surface area (TPSA) is 0 Å². The molecular weight excluding hydrogens is 165 g/mol. The Balaban J connectivity index is 0. The molecule has 0 nitrogen and oxygen atoms in total. The van der Waals surface area contributed by atoms with E-state index in [0.29, 0.717) is 0 Å². The third-order valence-electron chi connectivity index (χ3n) is 0. The molecule has 0 bridgehead atoms. The van der Waals surface area contributed by atoms with E-state index in [1.165, 1.54) is 0 Å². The Labute approximate surface area is 44.0 Å². The maximum Gasteiger partial charge on any atom is 2.00 e. The second kappa shape index (κ2) is 40.5. The summed E-state index contributed by atoms with van der Waals surface area (Å²) in [5.41, 5.74) is 0. The summed E-state index contributed by atoms with van der Waals surface area (Å²) < 4.78 is 0. The summed E-state index contributed by atoms with van der Waals surface area (Å²) in [5.74, 6) is 0. The minimum atomic E-state index is 0. The van der Waals surface area contributed by atoms with Gasteiger partial charge in [0.05, 0.1) is 0 Å². The molecule has 0 spiro atoms. The van der Waals surface area contributed by atoms with Crippen LogP contribution in [0.1, 0.15) is 0 Å². The van der Waals surface area contributed by atoms with E-state index >= 15 is 0 Å².